The molecule has 8 heteroatoms. The van der Waals surface area contributed by atoms with E-state index < -0.39 is 0 Å². The molecule has 0 radical (unpaired) electrons. The van der Waals surface area contributed by atoms with Gasteiger partial charge in [-0.15, -0.1) is 22.7 Å². The van der Waals surface area contributed by atoms with Crippen LogP contribution < -0.4 is 5.32 Å². The minimum absolute atomic E-state index is 0.255. The number of aromatic amines is 1. The zero-order chi connectivity index (χ0) is 16.4. The summed E-state index contributed by atoms with van der Waals surface area (Å²) in [5.41, 5.74) is 1.85. The maximum atomic E-state index is 12.2. The van der Waals surface area contributed by atoms with Crippen molar-refractivity contribution in [2.24, 2.45) is 0 Å². The second-order valence-corrected chi connectivity index (χ2v) is 6.84. The van der Waals surface area contributed by atoms with Crippen LogP contribution in [0.4, 0.5) is 0 Å². The topological polar surface area (TPSA) is 83.8 Å². The smallest absolute Gasteiger partial charge is 0.272 e. The van der Waals surface area contributed by atoms with Crippen molar-refractivity contribution < 1.29 is 9.21 Å². The van der Waals surface area contributed by atoms with E-state index in [2.05, 4.69) is 20.5 Å². The van der Waals surface area contributed by atoms with Crippen LogP contribution in [0, 0.1) is 0 Å². The highest BCUT2D eigenvalue weighted by atomic mass is 32.1. The van der Waals surface area contributed by atoms with E-state index >= 15 is 0 Å². The standard InChI is InChI=1S/C16H12N4O2S2/c21-15(12-7-11(19-20-12)13-3-1-5-23-13)17-8-10-9-22-16(18-10)14-4-2-6-24-14/h1-7,9H,8H2,(H,17,21)(H,19,20). The molecule has 6 nitrogen and oxygen atoms in total. The predicted octanol–water partition coefficient (Wildman–Crippen LogP) is 3.78. The van der Waals surface area contributed by atoms with Gasteiger partial charge in [-0.2, -0.15) is 5.10 Å². The average Bonchev–Trinajstić information content (AvgIpc) is 3.40. The molecule has 0 aromatic carbocycles. The number of hydrogen-bond acceptors (Lipinski definition) is 6. The highest BCUT2D eigenvalue weighted by Crippen LogP contribution is 2.24. The van der Waals surface area contributed by atoms with Crippen molar-refractivity contribution in [2.45, 2.75) is 6.54 Å². The lowest BCUT2D eigenvalue weighted by atomic mass is 10.3. The van der Waals surface area contributed by atoms with Crippen LogP contribution in [0.3, 0.4) is 0 Å². The van der Waals surface area contributed by atoms with E-state index in [0.29, 0.717) is 17.3 Å². The summed E-state index contributed by atoms with van der Waals surface area (Å²) in [6, 6.07) is 9.54. The molecule has 120 valence electrons. The first-order valence-electron chi connectivity index (χ1n) is 7.15. The van der Waals surface area contributed by atoms with Gasteiger partial charge in [0.25, 0.3) is 5.91 Å². The van der Waals surface area contributed by atoms with Crippen LogP contribution in [-0.4, -0.2) is 21.1 Å². The average molecular weight is 356 g/mol. The van der Waals surface area contributed by atoms with Gasteiger partial charge in [0.15, 0.2) is 5.69 Å². The molecule has 1 amide bonds. The molecule has 0 unspecified atom stereocenters. The molecule has 0 saturated carbocycles. The number of thiophene rings is 2. The molecule has 2 N–H and O–H groups in total. The summed E-state index contributed by atoms with van der Waals surface area (Å²) in [5.74, 6) is 0.309. The van der Waals surface area contributed by atoms with Gasteiger partial charge in [-0.05, 0) is 29.0 Å². The van der Waals surface area contributed by atoms with Crippen molar-refractivity contribution >= 4 is 28.6 Å². The van der Waals surface area contributed by atoms with E-state index in [9.17, 15) is 4.79 Å². The second kappa shape index (κ2) is 6.42. The normalized spacial score (nSPS) is 10.8. The fourth-order valence-corrected chi connectivity index (χ4v) is 3.51. The van der Waals surface area contributed by atoms with Crippen LogP contribution in [0.1, 0.15) is 16.2 Å². The number of amides is 1. The van der Waals surface area contributed by atoms with Crippen molar-refractivity contribution in [3.63, 3.8) is 0 Å². The van der Waals surface area contributed by atoms with Gasteiger partial charge in [0.2, 0.25) is 5.89 Å². The van der Waals surface area contributed by atoms with Crippen molar-refractivity contribution in [1.29, 1.82) is 0 Å². The molecule has 0 aliphatic rings. The Morgan fingerprint density at radius 2 is 2.00 bits per heavy atom. The number of rotatable bonds is 5. The van der Waals surface area contributed by atoms with E-state index in [-0.39, 0.29) is 12.5 Å². The van der Waals surface area contributed by atoms with Crippen LogP contribution >= 0.6 is 22.7 Å². The van der Waals surface area contributed by atoms with Crippen LogP contribution in [0.5, 0.6) is 0 Å². The number of nitrogens with zero attached hydrogens (tertiary/aromatic N) is 2. The molecule has 4 rings (SSSR count). The zero-order valence-corrected chi connectivity index (χ0v) is 14.0. The van der Waals surface area contributed by atoms with Gasteiger partial charge in [-0.3, -0.25) is 9.89 Å². The Morgan fingerprint density at radius 3 is 2.75 bits per heavy atom. The first kappa shape index (κ1) is 14.9. The van der Waals surface area contributed by atoms with Gasteiger partial charge < -0.3 is 9.73 Å². The molecule has 4 heterocycles. The van der Waals surface area contributed by atoms with Crippen LogP contribution in [-0.2, 0) is 6.54 Å². The van der Waals surface area contributed by atoms with E-state index in [1.165, 1.54) is 0 Å². The summed E-state index contributed by atoms with van der Waals surface area (Å²) in [7, 11) is 0. The van der Waals surface area contributed by atoms with Gasteiger partial charge in [0.05, 0.1) is 27.7 Å². The second-order valence-electron chi connectivity index (χ2n) is 4.95. The third-order valence-electron chi connectivity index (χ3n) is 3.31. The number of carbonyl (C=O) groups is 1. The largest absolute Gasteiger partial charge is 0.443 e. The summed E-state index contributed by atoms with van der Waals surface area (Å²) in [6.45, 7) is 0.287. The highest BCUT2D eigenvalue weighted by Gasteiger charge is 2.13. The number of aromatic nitrogens is 3. The summed E-state index contributed by atoms with van der Waals surface area (Å²) in [4.78, 5) is 18.6. The lowest BCUT2D eigenvalue weighted by Gasteiger charge is -1.98. The minimum atomic E-state index is -0.255. The summed E-state index contributed by atoms with van der Waals surface area (Å²) < 4.78 is 5.43. The Morgan fingerprint density at radius 1 is 1.21 bits per heavy atom. The molecule has 0 bridgehead atoms. The SMILES string of the molecule is O=C(NCc1coc(-c2cccs2)n1)c1cc(-c2cccs2)[nH]n1. The molecule has 24 heavy (non-hydrogen) atoms. The van der Waals surface area contributed by atoms with Crippen molar-refractivity contribution in [3.8, 4) is 21.3 Å². The van der Waals surface area contributed by atoms with Crippen molar-refractivity contribution in [3.05, 3.63) is 58.7 Å². The minimum Gasteiger partial charge on any atom is -0.443 e. The summed E-state index contributed by atoms with van der Waals surface area (Å²) >= 11 is 3.14. The lowest BCUT2D eigenvalue weighted by Crippen LogP contribution is -2.23. The maximum Gasteiger partial charge on any atom is 0.272 e. The van der Waals surface area contributed by atoms with Crippen LogP contribution in [0.15, 0.2) is 51.8 Å². The van der Waals surface area contributed by atoms with Gasteiger partial charge in [-0.25, -0.2) is 4.98 Å². The number of H-pyrrole nitrogens is 1. The molecule has 0 aliphatic carbocycles. The molecular formula is C16H12N4O2S2. The van der Waals surface area contributed by atoms with E-state index in [0.717, 1.165) is 15.4 Å². The van der Waals surface area contributed by atoms with E-state index in [1.54, 1.807) is 35.0 Å². The fourth-order valence-electron chi connectivity index (χ4n) is 2.16. The number of carbonyl (C=O) groups excluding carboxylic acids is 1. The molecule has 4 aromatic heterocycles. The molecule has 0 saturated heterocycles. The lowest BCUT2D eigenvalue weighted by molar-refractivity contribution is 0.0945. The predicted molar refractivity (Wildman–Crippen MR) is 92.9 cm³/mol. The van der Waals surface area contributed by atoms with Gasteiger partial charge in [0, 0.05) is 0 Å². The number of oxazole rings is 1. The molecule has 4 aromatic rings. The van der Waals surface area contributed by atoms with Gasteiger partial charge >= 0.3 is 0 Å². The van der Waals surface area contributed by atoms with Crippen LogP contribution in [0.2, 0.25) is 0 Å². The molecule has 0 spiro atoms. The monoisotopic (exact) mass is 356 g/mol. The van der Waals surface area contributed by atoms with Crippen molar-refractivity contribution in [2.75, 3.05) is 0 Å². The Kier molecular flexibility index (Phi) is 3.97. The third-order valence-corrected chi connectivity index (χ3v) is 5.07. The van der Waals surface area contributed by atoms with Gasteiger partial charge in [-0.1, -0.05) is 12.1 Å². The molecule has 0 aliphatic heterocycles. The third kappa shape index (κ3) is 3.01. The van der Waals surface area contributed by atoms with E-state index in [4.69, 9.17) is 4.42 Å². The zero-order valence-electron chi connectivity index (χ0n) is 12.4. The Labute approximate surface area is 145 Å². The first-order chi connectivity index (χ1) is 11.8. The summed E-state index contributed by atoms with van der Waals surface area (Å²) in [5, 5.41) is 13.7. The van der Waals surface area contributed by atoms with Gasteiger partial charge in [0.1, 0.15) is 6.26 Å². The Bertz CT molecular complexity index is 939. The summed E-state index contributed by atoms with van der Waals surface area (Å²) in [6.07, 6.45) is 1.55. The first-order valence-corrected chi connectivity index (χ1v) is 8.91. The molecule has 0 fully saturated rings. The van der Waals surface area contributed by atoms with Crippen molar-refractivity contribution in [1.82, 2.24) is 20.5 Å². The molecule has 0 atom stereocenters. The fraction of sp³-hybridized carbons (Fsp3) is 0.0625. The van der Waals surface area contributed by atoms with E-state index in [1.807, 2.05) is 35.0 Å². The Hall–Kier alpha value is -2.71. The quantitative estimate of drug-likeness (QED) is 0.570. The number of hydrogen-bond donors (Lipinski definition) is 2. The number of nitrogens with one attached hydrogen (secondary N) is 2. The Balaban J connectivity index is 1.40. The highest BCUT2D eigenvalue weighted by molar-refractivity contribution is 7.13. The van der Waals surface area contributed by atoms with Crippen LogP contribution in [0.25, 0.3) is 21.3 Å². The maximum absolute atomic E-state index is 12.2. The molecular weight excluding hydrogens is 344 g/mol.